The monoisotopic (exact) mass is 388 g/mol. The number of hydrogen-bond donors (Lipinski definition) is 0. The smallest absolute Gasteiger partial charge is 0.137 e. The Bertz CT molecular complexity index is 817. The number of nitrogens with zero attached hydrogens (tertiary/aromatic N) is 2. The van der Waals surface area contributed by atoms with Crippen LogP contribution < -0.4 is 4.90 Å². The first-order chi connectivity index (χ1) is 12.4. The van der Waals surface area contributed by atoms with Gasteiger partial charge in [-0.25, -0.2) is 0 Å². The predicted octanol–water partition coefficient (Wildman–Crippen LogP) is 5.12. The molecule has 1 aliphatic heterocycles. The SMILES string of the molecule is Cc1cc(N2CC3(CC(CC(=O)Cc4cc(Cl)cc(Cl)c4)C3)C2)ccn1. The van der Waals surface area contributed by atoms with E-state index in [2.05, 4.69) is 22.0 Å². The van der Waals surface area contributed by atoms with Gasteiger partial charge < -0.3 is 4.90 Å². The van der Waals surface area contributed by atoms with Gasteiger partial charge in [0.2, 0.25) is 0 Å². The maximum absolute atomic E-state index is 12.4. The van der Waals surface area contributed by atoms with Crippen LogP contribution in [-0.2, 0) is 11.2 Å². The van der Waals surface area contributed by atoms with E-state index >= 15 is 0 Å². The second-order valence-corrected chi connectivity index (χ2v) is 8.86. The van der Waals surface area contributed by atoms with Crippen LogP contribution in [0.4, 0.5) is 5.69 Å². The van der Waals surface area contributed by atoms with E-state index in [9.17, 15) is 4.79 Å². The molecule has 0 N–H and O–H groups in total. The van der Waals surface area contributed by atoms with Crippen molar-refractivity contribution in [2.45, 2.75) is 32.6 Å². The Morgan fingerprint density at radius 1 is 1.19 bits per heavy atom. The zero-order valence-electron chi connectivity index (χ0n) is 14.8. The zero-order chi connectivity index (χ0) is 18.3. The quantitative estimate of drug-likeness (QED) is 0.712. The molecule has 5 heteroatoms. The van der Waals surface area contributed by atoms with Crippen LogP contribution in [0.15, 0.2) is 36.5 Å². The summed E-state index contributed by atoms with van der Waals surface area (Å²) in [7, 11) is 0. The van der Waals surface area contributed by atoms with Crippen LogP contribution in [0.3, 0.4) is 0 Å². The minimum Gasteiger partial charge on any atom is -0.370 e. The minimum atomic E-state index is 0.282. The summed E-state index contributed by atoms with van der Waals surface area (Å²) in [5.74, 6) is 0.808. The highest BCUT2D eigenvalue weighted by molar-refractivity contribution is 6.34. The Hall–Kier alpha value is -1.58. The molecule has 1 aliphatic carbocycles. The first-order valence-corrected chi connectivity index (χ1v) is 9.81. The van der Waals surface area contributed by atoms with Gasteiger partial charge in [-0.1, -0.05) is 23.2 Å². The number of pyridine rings is 1. The van der Waals surface area contributed by atoms with Crippen LogP contribution in [0.5, 0.6) is 0 Å². The number of hydrogen-bond acceptors (Lipinski definition) is 3. The standard InChI is InChI=1S/C21H22Cl2N2O/c1-14-4-19(2-3-24-14)25-12-21(13-25)10-16(11-21)8-20(26)7-15-5-17(22)9-18(23)6-15/h2-6,9,16H,7-8,10-13H2,1H3. The Balaban J connectivity index is 1.25. The lowest BCUT2D eigenvalue weighted by Gasteiger charge is -2.60. The van der Waals surface area contributed by atoms with Gasteiger partial charge in [-0.2, -0.15) is 0 Å². The van der Waals surface area contributed by atoms with E-state index in [4.69, 9.17) is 23.2 Å². The number of benzene rings is 1. The van der Waals surface area contributed by atoms with E-state index in [1.54, 1.807) is 6.07 Å². The van der Waals surface area contributed by atoms with E-state index in [-0.39, 0.29) is 5.78 Å². The average Bonchev–Trinajstić information content (AvgIpc) is 2.47. The second-order valence-electron chi connectivity index (χ2n) is 7.98. The number of anilines is 1. The van der Waals surface area contributed by atoms with Crippen LogP contribution in [0, 0.1) is 18.3 Å². The van der Waals surface area contributed by atoms with Crippen molar-refractivity contribution in [2.24, 2.45) is 11.3 Å². The highest BCUT2D eigenvalue weighted by Crippen LogP contribution is 2.54. The van der Waals surface area contributed by atoms with Gasteiger partial charge in [0.05, 0.1) is 0 Å². The van der Waals surface area contributed by atoms with Crippen LogP contribution in [0.2, 0.25) is 10.0 Å². The Morgan fingerprint density at radius 3 is 2.54 bits per heavy atom. The molecule has 0 bridgehead atoms. The summed E-state index contributed by atoms with van der Waals surface area (Å²) in [5.41, 5.74) is 3.66. The van der Waals surface area contributed by atoms with Crippen LogP contribution in [-0.4, -0.2) is 23.9 Å². The van der Waals surface area contributed by atoms with Crippen molar-refractivity contribution in [3.63, 3.8) is 0 Å². The van der Waals surface area contributed by atoms with Gasteiger partial charge in [0.1, 0.15) is 5.78 Å². The van der Waals surface area contributed by atoms with Gasteiger partial charge in [-0.15, -0.1) is 0 Å². The molecule has 0 unspecified atom stereocenters. The first-order valence-electron chi connectivity index (χ1n) is 9.05. The third kappa shape index (κ3) is 3.74. The summed E-state index contributed by atoms with van der Waals surface area (Å²) in [5, 5.41) is 1.17. The molecular weight excluding hydrogens is 367 g/mol. The van der Waals surface area contributed by atoms with Crippen molar-refractivity contribution >= 4 is 34.7 Å². The van der Waals surface area contributed by atoms with Gasteiger partial charge in [-0.3, -0.25) is 9.78 Å². The maximum atomic E-state index is 12.4. The highest BCUT2D eigenvalue weighted by Gasteiger charge is 2.52. The van der Waals surface area contributed by atoms with Crippen molar-refractivity contribution in [3.05, 3.63) is 57.8 Å². The van der Waals surface area contributed by atoms with E-state index in [1.165, 1.54) is 5.69 Å². The lowest BCUT2D eigenvalue weighted by atomic mass is 9.56. The number of aromatic nitrogens is 1. The number of Topliss-reactive ketones (excluding diaryl/α,β-unsaturated/α-hetero) is 1. The van der Waals surface area contributed by atoms with E-state index in [0.29, 0.717) is 34.2 Å². The molecule has 2 aliphatic rings. The zero-order valence-corrected chi connectivity index (χ0v) is 16.4. The minimum absolute atomic E-state index is 0.282. The fraction of sp³-hybridized carbons (Fsp3) is 0.429. The molecule has 0 atom stereocenters. The van der Waals surface area contributed by atoms with Crippen LogP contribution in [0.1, 0.15) is 30.5 Å². The Kier molecular flexibility index (Phi) is 4.70. The molecule has 1 saturated carbocycles. The molecule has 1 spiro atoms. The molecule has 26 heavy (non-hydrogen) atoms. The molecule has 3 nitrogen and oxygen atoms in total. The van der Waals surface area contributed by atoms with E-state index in [0.717, 1.165) is 37.2 Å². The van der Waals surface area contributed by atoms with E-state index < -0.39 is 0 Å². The van der Waals surface area contributed by atoms with Crippen molar-refractivity contribution in [2.75, 3.05) is 18.0 Å². The summed E-state index contributed by atoms with van der Waals surface area (Å²) in [4.78, 5) is 19.1. The van der Waals surface area contributed by atoms with E-state index in [1.807, 2.05) is 25.3 Å². The lowest BCUT2D eigenvalue weighted by molar-refractivity contribution is -0.121. The molecule has 1 aromatic heterocycles. The van der Waals surface area contributed by atoms with Crippen LogP contribution >= 0.6 is 23.2 Å². The van der Waals surface area contributed by atoms with Crippen molar-refractivity contribution in [3.8, 4) is 0 Å². The molecule has 0 amide bonds. The number of carbonyl (C=O) groups is 1. The maximum Gasteiger partial charge on any atom is 0.137 e. The Labute approximate surface area is 164 Å². The van der Waals surface area contributed by atoms with Crippen molar-refractivity contribution in [1.29, 1.82) is 0 Å². The molecule has 1 saturated heterocycles. The second kappa shape index (κ2) is 6.86. The van der Waals surface area contributed by atoms with Gasteiger partial charge in [0, 0.05) is 59.0 Å². The summed E-state index contributed by atoms with van der Waals surface area (Å²) in [6.07, 6.45) is 5.29. The molecule has 2 aromatic rings. The van der Waals surface area contributed by atoms with Gasteiger partial charge in [0.25, 0.3) is 0 Å². The molecule has 2 fully saturated rings. The summed E-state index contributed by atoms with van der Waals surface area (Å²) in [6.45, 7) is 4.23. The third-order valence-electron chi connectivity index (χ3n) is 5.58. The number of halogens is 2. The number of rotatable bonds is 5. The molecule has 0 radical (unpaired) electrons. The van der Waals surface area contributed by atoms with Crippen LogP contribution in [0.25, 0.3) is 0 Å². The van der Waals surface area contributed by atoms with Gasteiger partial charge in [-0.05, 0) is 61.6 Å². The molecular formula is C21H22Cl2N2O. The average molecular weight is 389 g/mol. The van der Waals surface area contributed by atoms with Crippen molar-refractivity contribution < 1.29 is 4.79 Å². The molecule has 2 heterocycles. The Morgan fingerprint density at radius 2 is 1.88 bits per heavy atom. The lowest BCUT2D eigenvalue weighted by Crippen LogP contribution is -2.62. The molecule has 136 valence electrons. The largest absolute Gasteiger partial charge is 0.370 e. The molecule has 4 rings (SSSR count). The van der Waals surface area contributed by atoms with Gasteiger partial charge in [0.15, 0.2) is 0 Å². The highest BCUT2D eigenvalue weighted by atomic mass is 35.5. The molecule has 1 aromatic carbocycles. The number of carbonyl (C=O) groups excluding carboxylic acids is 1. The fourth-order valence-corrected chi connectivity index (χ4v) is 5.15. The fourth-order valence-electron chi connectivity index (χ4n) is 4.58. The number of aryl methyl sites for hydroxylation is 1. The summed E-state index contributed by atoms with van der Waals surface area (Å²) < 4.78 is 0. The summed E-state index contributed by atoms with van der Waals surface area (Å²) in [6, 6.07) is 9.57. The number of ketones is 1. The van der Waals surface area contributed by atoms with Crippen molar-refractivity contribution in [1.82, 2.24) is 4.98 Å². The normalized spacial score (nSPS) is 18.5. The third-order valence-corrected chi connectivity index (χ3v) is 6.02. The topological polar surface area (TPSA) is 33.2 Å². The predicted molar refractivity (Wildman–Crippen MR) is 106 cm³/mol. The van der Waals surface area contributed by atoms with Gasteiger partial charge >= 0.3 is 0 Å². The summed E-state index contributed by atoms with van der Waals surface area (Å²) >= 11 is 12.0. The first kappa shape index (κ1) is 17.8.